The first-order chi connectivity index (χ1) is 16.0. The van der Waals surface area contributed by atoms with E-state index in [1.165, 1.54) is 17.6 Å². The van der Waals surface area contributed by atoms with Gasteiger partial charge in [-0.25, -0.2) is 10.2 Å². The van der Waals surface area contributed by atoms with Crippen LogP contribution in [0.15, 0.2) is 82.4 Å². The average molecular weight is 544 g/mol. The summed E-state index contributed by atoms with van der Waals surface area (Å²) in [4.78, 5) is 24.8. The average Bonchev–Trinajstić information content (AvgIpc) is 3.16. The van der Waals surface area contributed by atoms with Crippen LogP contribution in [0.25, 0.3) is 10.1 Å². The van der Waals surface area contributed by atoms with Crippen LogP contribution in [-0.4, -0.2) is 24.7 Å². The van der Waals surface area contributed by atoms with Gasteiger partial charge in [0.25, 0.3) is 5.91 Å². The first kappa shape index (κ1) is 23.0. The fraction of sp³-hybridized carbons (Fsp3) is 0.0417. The summed E-state index contributed by atoms with van der Waals surface area (Å²) in [6.07, 6.45) is 1.48. The number of carbonyl (C=O) groups is 2. The van der Waals surface area contributed by atoms with Gasteiger partial charge in [0, 0.05) is 14.6 Å². The second-order valence-corrected chi connectivity index (χ2v) is 9.08. The van der Waals surface area contributed by atoms with E-state index in [4.69, 9.17) is 21.1 Å². The molecule has 9 heteroatoms. The molecule has 1 N–H and O–H groups in total. The Kier molecular flexibility index (Phi) is 7.39. The Bertz CT molecular complexity index is 1340. The normalized spacial score (nSPS) is 11.0. The third-order valence-electron chi connectivity index (χ3n) is 4.38. The summed E-state index contributed by atoms with van der Waals surface area (Å²) in [5.41, 5.74) is 3.11. The molecule has 4 aromatic rings. The molecule has 0 saturated carbocycles. The molecule has 1 amide bonds. The first-order valence-corrected chi connectivity index (χ1v) is 11.7. The second kappa shape index (κ2) is 10.6. The van der Waals surface area contributed by atoms with Gasteiger partial charge in [-0.3, -0.25) is 4.79 Å². The van der Waals surface area contributed by atoms with Crippen molar-refractivity contribution in [3.8, 4) is 11.5 Å². The Hall–Kier alpha value is -3.20. The molecule has 3 aromatic carbocycles. The van der Waals surface area contributed by atoms with Crippen molar-refractivity contribution in [2.45, 2.75) is 0 Å². The summed E-state index contributed by atoms with van der Waals surface area (Å²) in [7, 11) is 0. The summed E-state index contributed by atoms with van der Waals surface area (Å²) in [6, 6.07) is 21.4. The molecule has 1 aromatic heterocycles. The van der Waals surface area contributed by atoms with E-state index in [0.717, 1.165) is 14.6 Å². The van der Waals surface area contributed by atoms with Crippen molar-refractivity contribution in [2.24, 2.45) is 5.10 Å². The number of hydrazone groups is 1. The van der Waals surface area contributed by atoms with Gasteiger partial charge in [-0.15, -0.1) is 11.3 Å². The number of nitrogens with one attached hydrogen (secondary N) is 1. The van der Waals surface area contributed by atoms with E-state index in [1.54, 1.807) is 36.4 Å². The highest BCUT2D eigenvalue weighted by Crippen LogP contribution is 2.35. The minimum Gasteiger partial charge on any atom is -0.484 e. The van der Waals surface area contributed by atoms with Crippen LogP contribution in [0.5, 0.6) is 11.5 Å². The van der Waals surface area contributed by atoms with Crippen LogP contribution in [0.3, 0.4) is 0 Å². The van der Waals surface area contributed by atoms with Crippen molar-refractivity contribution in [2.75, 3.05) is 6.61 Å². The van der Waals surface area contributed by atoms with Crippen LogP contribution in [0.2, 0.25) is 5.02 Å². The molecule has 0 aliphatic rings. The van der Waals surface area contributed by atoms with E-state index in [1.807, 2.05) is 36.4 Å². The van der Waals surface area contributed by atoms with Gasteiger partial charge >= 0.3 is 5.97 Å². The van der Waals surface area contributed by atoms with Gasteiger partial charge in [0.2, 0.25) is 0 Å². The standard InChI is InChI=1S/C24H16BrClN2O4S/c25-16-4-3-5-18(12-16)31-14-21(29)28-27-13-15-8-10-17(11-9-15)32-24(30)23-22(26)19-6-1-2-7-20(19)33-23/h1-13H,14H2,(H,28,29)/b27-13-. The van der Waals surface area contributed by atoms with Gasteiger partial charge < -0.3 is 9.47 Å². The fourth-order valence-electron chi connectivity index (χ4n) is 2.84. The van der Waals surface area contributed by atoms with Crippen LogP contribution in [0.1, 0.15) is 15.2 Å². The van der Waals surface area contributed by atoms with Crippen LogP contribution < -0.4 is 14.9 Å². The van der Waals surface area contributed by atoms with Crippen molar-refractivity contribution < 1.29 is 19.1 Å². The van der Waals surface area contributed by atoms with Gasteiger partial charge in [-0.1, -0.05) is 51.8 Å². The number of halogens is 2. The number of fused-ring (bicyclic) bond motifs is 1. The lowest BCUT2D eigenvalue weighted by atomic mass is 10.2. The lowest BCUT2D eigenvalue weighted by Crippen LogP contribution is -2.24. The number of thiophene rings is 1. The molecule has 0 bridgehead atoms. The minimum absolute atomic E-state index is 0.164. The Balaban J connectivity index is 1.29. The number of hydrogen-bond donors (Lipinski definition) is 1. The zero-order valence-corrected chi connectivity index (χ0v) is 20.1. The maximum atomic E-state index is 12.5. The van der Waals surface area contributed by atoms with Crippen molar-refractivity contribution in [3.05, 3.63) is 92.7 Å². The predicted molar refractivity (Wildman–Crippen MR) is 134 cm³/mol. The number of rotatable bonds is 7. The Morgan fingerprint density at radius 1 is 1.03 bits per heavy atom. The van der Waals surface area contributed by atoms with Crippen molar-refractivity contribution in [1.29, 1.82) is 0 Å². The number of nitrogens with zero attached hydrogens (tertiary/aromatic N) is 1. The summed E-state index contributed by atoms with van der Waals surface area (Å²) < 4.78 is 12.6. The van der Waals surface area contributed by atoms with Gasteiger partial charge in [0.1, 0.15) is 16.4 Å². The van der Waals surface area contributed by atoms with Crippen molar-refractivity contribution in [1.82, 2.24) is 5.43 Å². The molecular formula is C24H16BrClN2O4S. The van der Waals surface area contributed by atoms with Gasteiger partial charge in [-0.2, -0.15) is 5.10 Å². The Morgan fingerprint density at radius 3 is 2.58 bits per heavy atom. The molecule has 0 unspecified atom stereocenters. The third-order valence-corrected chi connectivity index (χ3v) is 6.53. The molecule has 166 valence electrons. The monoisotopic (exact) mass is 542 g/mol. The lowest BCUT2D eigenvalue weighted by Gasteiger charge is -2.05. The van der Waals surface area contributed by atoms with Crippen molar-refractivity contribution >= 4 is 67.0 Å². The smallest absolute Gasteiger partial charge is 0.355 e. The zero-order valence-electron chi connectivity index (χ0n) is 17.0. The molecule has 0 atom stereocenters. The maximum Gasteiger partial charge on any atom is 0.355 e. The van der Waals surface area contributed by atoms with Crippen LogP contribution in [0.4, 0.5) is 0 Å². The van der Waals surface area contributed by atoms with E-state index < -0.39 is 11.9 Å². The Morgan fingerprint density at radius 2 is 1.82 bits per heavy atom. The largest absolute Gasteiger partial charge is 0.484 e. The van der Waals surface area contributed by atoms with Gasteiger partial charge in [-0.05, 0) is 54.1 Å². The summed E-state index contributed by atoms with van der Waals surface area (Å²) in [6.45, 7) is -0.164. The predicted octanol–water partition coefficient (Wildman–Crippen LogP) is 6.07. The van der Waals surface area contributed by atoms with Crippen LogP contribution in [-0.2, 0) is 4.79 Å². The molecule has 1 heterocycles. The maximum absolute atomic E-state index is 12.5. The third kappa shape index (κ3) is 5.98. The highest BCUT2D eigenvalue weighted by atomic mass is 79.9. The zero-order chi connectivity index (χ0) is 23.2. The highest BCUT2D eigenvalue weighted by Gasteiger charge is 2.18. The topological polar surface area (TPSA) is 77.0 Å². The molecular weight excluding hydrogens is 528 g/mol. The quantitative estimate of drug-likeness (QED) is 0.133. The number of ether oxygens (including phenoxy) is 2. The molecule has 0 radical (unpaired) electrons. The molecule has 33 heavy (non-hydrogen) atoms. The summed E-state index contributed by atoms with van der Waals surface area (Å²) >= 11 is 11.0. The minimum atomic E-state index is -0.514. The van der Waals surface area contributed by atoms with E-state index in [-0.39, 0.29) is 6.61 Å². The molecule has 0 aliphatic heterocycles. The van der Waals surface area contributed by atoms with Crippen LogP contribution in [0, 0.1) is 0 Å². The van der Waals surface area contributed by atoms with E-state index in [9.17, 15) is 9.59 Å². The molecule has 0 fully saturated rings. The van der Waals surface area contributed by atoms with E-state index in [0.29, 0.717) is 27.0 Å². The molecule has 0 spiro atoms. The van der Waals surface area contributed by atoms with Crippen LogP contribution >= 0.6 is 38.9 Å². The molecule has 6 nitrogen and oxygen atoms in total. The second-order valence-electron chi connectivity index (χ2n) is 6.74. The Labute approximate surface area is 206 Å². The molecule has 0 saturated heterocycles. The SMILES string of the molecule is O=C(COc1cccc(Br)c1)N/N=C\c1ccc(OC(=O)c2sc3ccccc3c2Cl)cc1. The number of benzene rings is 3. The first-order valence-electron chi connectivity index (χ1n) is 9.69. The molecule has 0 aliphatic carbocycles. The highest BCUT2D eigenvalue weighted by molar-refractivity contribution is 9.10. The number of amides is 1. The molecule has 4 rings (SSSR count). The number of hydrogen-bond acceptors (Lipinski definition) is 6. The van der Waals surface area contributed by atoms with Crippen molar-refractivity contribution in [3.63, 3.8) is 0 Å². The number of esters is 1. The lowest BCUT2D eigenvalue weighted by molar-refractivity contribution is -0.123. The fourth-order valence-corrected chi connectivity index (χ4v) is 4.60. The van der Waals surface area contributed by atoms with E-state index >= 15 is 0 Å². The summed E-state index contributed by atoms with van der Waals surface area (Å²) in [5, 5.41) is 5.13. The summed E-state index contributed by atoms with van der Waals surface area (Å²) in [5.74, 6) is 0.0417. The van der Waals surface area contributed by atoms with Gasteiger partial charge in [0.05, 0.1) is 11.2 Å². The van der Waals surface area contributed by atoms with Gasteiger partial charge in [0.15, 0.2) is 6.61 Å². The van der Waals surface area contributed by atoms with E-state index in [2.05, 4.69) is 26.5 Å². The number of carbonyl (C=O) groups excluding carboxylic acids is 2.